The minimum atomic E-state index is -3.49. The normalized spacial score (nSPS) is 15.7. The Morgan fingerprint density at radius 1 is 1.22 bits per heavy atom. The first-order valence-electron chi connectivity index (χ1n) is 8.63. The zero-order chi connectivity index (χ0) is 19.3. The van der Waals surface area contributed by atoms with Crippen molar-refractivity contribution in [3.63, 3.8) is 0 Å². The molecule has 9 heteroatoms. The Morgan fingerprint density at radius 2 is 2.00 bits per heavy atom. The molecule has 27 heavy (non-hydrogen) atoms. The number of nitrogens with zero attached hydrogens (tertiary/aromatic N) is 3. The van der Waals surface area contributed by atoms with Gasteiger partial charge in [-0.05, 0) is 48.7 Å². The van der Waals surface area contributed by atoms with E-state index in [1.54, 1.807) is 24.4 Å². The topological polar surface area (TPSA) is 104 Å². The molecule has 2 N–H and O–H groups in total. The van der Waals surface area contributed by atoms with Gasteiger partial charge < -0.3 is 9.84 Å². The van der Waals surface area contributed by atoms with Crippen molar-refractivity contribution in [3.8, 4) is 11.5 Å². The molecule has 2 aromatic rings. The Balaban J connectivity index is 1.65. The van der Waals surface area contributed by atoms with Gasteiger partial charge >= 0.3 is 0 Å². The number of hydrogen-bond acceptors (Lipinski definition) is 7. The predicted octanol–water partition coefficient (Wildman–Crippen LogP) is 2.42. The van der Waals surface area contributed by atoms with Crippen LogP contribution in [0.1, 0.15) is 24.8 Å². The highest BCUT2D eigenvalue weighted by Gasteiger charge is 2.26. The van der Waals surface area contributed by atoms with Crippen LogP contribution in [0.3, 0.4) is 0 Å². The number of sulfonamides is 1. The number of phenols is 1. The number of nitrogens with one attached hydrogen (secondary N) is 1. The van der Waals surface area contributed by atoms with Gasteiger partial charge in [0, 0.05) is 19.3 Å². The minimum Gasteiger partial charge on any atom is -0.504 e. The van der Waals surface area contributed by atoms with E-state index >= 15 is 0 Å². The van der Waals surface area contributed by atoms with E-state index < -0.39 is 10.0 Å². The van der Waals surface area contributed by atoms with Crippen LogP contribution < -0.4 is 10.2 Å². The van der Waals surface area contributed by atoms with Crippen LogP contribution in [-0.4, -0.2) is 49.2 Å². The van der Waals surface area contributed by atoms with E-state index in [1.807, 2.05) is 0 Å². The third kappa shape index (κ3) is 4.55. The molecule has 1 aromatic heterocycles. The Labute approximate surface area is 158 Å². The van der Waals surface area contributed by atoms with E-state index in [1.165, 1.54) is 29.7 Å². The van der Waals surface area contributed by atoms with E-state index in [4.69, 9.17) is 4.74 Å². The van der Waals surface area contributed by atoms with Crippen molar-refractivity contribution in [2.75, 3.05) is 25.6 Å². The molecule has 1 aromatic carbocycles. The van der Waals surface area contributed by atoms with Gasteiger partial charge in [0.1, 0.15) is 10.7 Å². The second-order valence-corrected chi connectivity index (χ2v) is 8.08. The van der Waals surface area contributed by atoms with Crippen molar-refractivity contribution >= 4 is 22.1 Å². The number of piperidine rings is 1. The van der Waals surface area contributed by atoms with Crippen LogP contribution in [-0.2, 0) is 10.0 Å². The first kappa shape index (κ1) is 19.1. The lowest BCUT2D eigenvalue weighted by atomic mass is 10.2. The van der Waals surface area contributed by atoms with Crippen LogP contribution in [0.15, 0.2) is 46.5 Å². The molecule has 1 aliphatic rings. The number of ether oxygens (including phenoxy) is 1. The van der Waals surface area contributed by atoms with Crippen LogP contribution in [0, 0.1) is 0 Å². The van der Waals surface area contributed by atoms with Gasteiger partial charge in [0.05, 0.1) is 13.3 Å². The minimum absolute atomic E-state index is 0.0507. The monoisotopic (exact) mass is 390 g/mol. The lowest BCUT2D eigenvalue weighted by molar-refractivity contribution is 0.346. The summed E-state index contributed by atoms with van der Waals surface area (Å²) in [6, 6.07) is 7.94. The Kier molecular flexibility index (Phi) is 5.92. The van der Waals surface area contributed by atoms with Crippen LogP contribution in [0.2, 0.25) is 0 Å². The third-order valence-corrected chi connectivity index (χ3v) is 6.17. The van der Waals surface area contributed by atoms with Gasteiger partial charge in [-0.3, -0.25) is 5.43 Å². The lowest BCUT2D eigenvalue weighted by Crippen LogP contribution is -2.35. The highest BCUT2D eigenvalue weighted by Crippen LogP contribution is 2.25. The second-order valence-electron chi connectivity index (χ2n) is 6.15. The number of anilines is 1. The number of aromatic hydroxyl groups is 1. The maximum absolute atomic E-state index is 12.6. The van der Waals surface area contributed by atoms with Crippen LogP contribution >= 0.6 is 0 Å². The Hall–Kier alpha value is -2.65. The average molecular weight is 390 g/mol. The number of hydrogen-bond donors (Lipinski definition) is 2. The molecule has 0 atom stereocenters. The van der Waals surface area contributed by atoms with E-state index in [-0.39, 0.29) is 10.6 Å². The summed E-state index contributed by atoms with van der Waals surface area (Å²) in [5.41, 5.74) is 3.47. The lowest BCUT2D eigenvalue weighted by Gasteiger charge is -2.25. The van der Waals surface area contributed by atoms with Gasteiger partial charge in [-0.15, -0.1) is 0 Å². The Bertz CT molecular complexity index is 907. The molecule has 0 aliphatic carbocycles. The molecule has 1 fully saturated rings. The van der Waals surface area contributed by atoms with Gasteiger partial charge in [-0.1, -0.05) is 6.42 Å². The zero-order valence-corrected chi connectivity index (χ0v) is 15.8. The van der Waals surface area contributed by atoms with E-state index in [0.29, 0.717) is 24.7 Å². The SMILES string of the molecule is COc1cc(/C=N/Nc2ccc(S(=O)(=O)N3CCCCC3)cn2)ccc1O. The number of rotatable bonds is 6. The molecule has 0 saturated carbocycles. The molecular weight excluding hydrogens is 368 g/mol. The van der Waals surface area contributed by atoms with E-state index in [2.05, 4.69) is 15.5 Å². The molecule has 1 aliphatic heterocycles. The van der Waals surface area contributed by atoms with Crippen molar-refractivity contribution in [3.05, 3.63) is 42.1 Å². The maximum atomic E-state index is 12.6. The number of methoxy groups -OCH3 is 1. The van der Waals surface area contributed by atoms with Crippen LogP contribution in [0.4, 0.5) is 5.82 Å². The molecule has 0 amide bonds. The van der Waals surface area contributed by atoms with Gasteiger partial charge in [-0.25, -0.2) is 13.4 Å². The molecule has 3 rings (SSSR count). The molecule has 0 unspecified atom stereocenters. The number of pyridine rings is 1. The molecule has 8 nitrogen and oxygen atoms in total. The van der Waals surface area contributed by atoms with Gasteiger partial charge in [0.15, 0.2) is 11.5 Å². The fourth-order valence-corrected chi connectivity index (χ4v) is 4.26. The smallest absolute Gasteiger partial charge is 0.244 e. The summed E-state index contributed by atoms with van der Waals surface area (Å²) in [5.74, 6) is 0.828. The largest absolute Gasteiger partial charge is 0.504 e. The van der Waals surface area contributed by atoms with Crippen molar-refractivity contribution in [1.29, 1.82) is 0 Å². The summed E-state index contributed by atoms with van der Waals surface area (Å²) in [6.45, 7) is 1.12. The fourth-order valence-electron chi connectivity index (χ4n) is 2.80. The third-order valence-electron chi connectivity index (χ3n) is 4.29. The summed E-state index contributed by atoms with van der Waals surface area (Å²) in [7, 11) is -2.02. The molecule has 0 bridgehead atoms. The first-order chi connectivity index (χ1) is 13.0. The zero-order valence-electron chi connectivity index (χ0n) is 15.0. The van der Waals surface area contributed by atoms with Crippen molar-refractivity contribution in [2.24, 2.45) is 5.10 Å². The average Bonchev–Trinajstić information content (AvgIpc) is 2.70. The summed E-state index contributed by atoms with van der Waals surface area (Å²) in [6.07, 6.45) is 5.73. The number of aromatic nitrogens is 1. The summed E-state index contributed by atoms with van der Waals surface area (Å²) in [4.78, 5) is 4.31. The van der Waals surface area contributed by atoms with Gasteiger partial charge in [-0.2, -0.15) is 9.41 Å². The predicted molar refractivity (Wildman–Crippen MR) is 103 cm³/mol. The molecule has 1 saturated heterocycles. The van der Waals surface area contributed by atoms with Crippen molar-refractivity contribution in [1.82, 2.24) is 9.29 Å². The van der Waals surface area contributed by atoms with E-state index in [0.717, 1.165) is 24.8 Å². The van der Waals surface area contributed by atoms with E-state index in [9.17, 15) is 13.5 Å². The standard InChI is InChI=1S/C18H22N4O4S/c1-26-17-11-14(5-7-16(17)23)12-20-21-18-8-6-15(13-19-18)27(24,25)22-9-3-2-4-10-22/h5-8,11-13,23H,2-4,9-10H2,1H3,(H,19,21)/b20-12+. The fraction of sp³-hybridized carbons (Fsp3) is 0.333. The van der Waals surface area contributed by atoms with Crippen molar-refractivity contribution in [2.45, 2.75) is 24.2 Å². The molecule has 0 spiro atoms. The number of hydrazone groups is 1. The molecular formula is C18H22N4O4S. The summed E-state index contributed by atoms with van der Waals surface area (Å²) in [5, 5.41) is 13.6. The van der Waals surface area contributed by atoms with Crippen LogP contribution in [0.25, 0.3) is 0 Å². The highest BCUT2D eigenvalue weighted by molar-refractivity contribution is 7.89. The van der Waals surface area contributed by atoms with Crippen LogP contribution in [0.5, 0.6) is 11.5 Å². The maximum Gasteiger partial charge on any atom is 0.244 e. The summed E-state index contributed by atoms with van der Waals surface area (Å²) >= 11 is 0. The number of benzene rings is 1. The molecule has 0 radical (unpaired) electrons. The summed E-state index contributed by atoms with van der Waals surface area (Å²) < 4.78 is 31.7. The Morgan fingerprint density at radius 3 is 2.67 bits per heavy atom. The first-order valence-corrected chi connectivity index (χ1v) is 10.1. The highest BCUT2D eigenvalue weighted by atomic mass is 32.2. The quantitative estimate of drug-likeness (QED) is 0.580. The molecule has 144 valence electrons. The second kappa shape index (κ2) is 8.36. The molecule has 2 heterocycles. The number of phenolic OH excluding ortho intramolecular Hbond substituents is 1. The van der Waals surface area contributed by atoms with Crippen molar-refractivity contribution < 1.29 is 18.3 Å². The van der Waals surface area contributed by atoms with Gasteiger partial charge in [0.2, 0.25) is 10.0 Å². The van der Waals surface area contributed by atoms with Gasteiger partial charge in [0.25, 0.3) is 0 Å².